The SMILES string of the molecule is CC(COC(=O)OC(C)CBr)OCCO. The van der Waals surface area contributed by atoms with Gasteiger partial charge in [0, 0.05) is 5.33 Å². The molecule has 0 aromatic heterocycles. The number of halogens is 1. The van der Waals surface area contributed by atoms with Gasteiger partial charge in [-0.1, -0.05) is 15.9 Å². The summed E-state index contributed by atoms with van der Waals surface area (Å²) >= 11 is 3.17. The van der Waals surface area contributed by atoms with E-state index in [1.165, 1.54) is 0 Å². The molecule has 0 aliphatic heterocycles. The fourth-order valence-electron chi connectivity index (χ4n) is 0.717. The summed E-state index contributed by atoms with van der Waals surface area (Å²) in [5, 5.41) is 9.05. The summed E-state index contributed by atoms with van der Waals surface area (Å²) in [5.41, 5.74) is 0. The molecule has 0 aromatic carbocycles. The minimum absolute atomic E-state index is 0.0462. The second-order valence-corrected chi connectivity index (χ2v) is 3.70. The zero-order valence-corrected chi connectivity index (χ0v) is 10.5. The van der Waals surface area contributed by atoms with Gasteiger partial charge in [-0.15, -0.1) is 0 Å². The van der Waals surface area contributed by atoms with E-state index in [0.717, 1.165) is 0 Å². The Kier molecular flexibility index (Phi) is 8.74. The molecular formula is C9H17BrO5. The minimum Gasteiger partial charge on any atom is -0.432 e. The standard InChI is InChI=1S/C9H17BrO5/c1-7(5-10)15-9(12)14-6-8(2)13-4-3-11/h7-8,11H,3-6H2,1-2H3. The average molecular weight is 285 g/mol. The van der Waals surface area contributed by atoms with Crippen molar-refractivity contribution in [2.75, 3.05) is 25.2 Å². The highest BCUT2D eigenvalue weighted by Crippen LogP contribution is 2.00. The maximum atomic E-state index is 11.0. The third-order valence-corrected chi connectivity index (χ3v) is 2.36. The largest absolute Gasteiger partial charge is 0.508 e. The predicted octanol–water partition coefficient (Wildman–Crippen LogP) is 1.32. The Morgan fingerprint density at radius 3 is 2.60 bits per heavy atom. The first-order valence-electron chi connectivity index (χ1n) is 4.72. The molecule has 90 valence electrons. The van der Waals surface area contributed by atoms with Crippen LogP contribution in [-0.4, -0.2) is 48.6 Å². The third kappa shape index (κ3) is 8.65. The summed E-state index contributed by atoms with van der Waals surface area (Å²) in [6, 6.07) is 0. The number of hydrogen-bond acceptors (Lipinski definition) is 5. The number of aliphatic hydroxyl groups excluding tert-OH is 1. The molecule has 0 bridgehead atoms. The van der Waals surface area contributed by atoms with Crippen LogP contribution in [0, 0.1) is 0 Å². The third-order valence-electron chi connectivity index (χ3n) is 1.44. The van der Waals surface area contributed by atoms with Crippen LogP contribution in [0.3, 0.4) is 0 Å². The van der Waals surface area contributed by atoms with Gasteiger partial charge in [0.2, 0.25) is 0 Å². The highest BCUT2D eigenvalue weighted by molar-refractivity contribution is 9.09. The first kappa shape index (κ1) is 14.7. The van der Waals surface area contributed by atoms with Crippen molar-refractivity contribution in [2.45, 2.75) is 26.1 Å². The van der Waals surface area contributed by atoms with E-state index in [1.807, 2.05) is 0 Å². The summed E-state index contributed by atoms with van der Waals surface area (Å²) in [4.78, 5) is 11.0. The second-order valence-electron chi connectivity index (χ2n) is 3.05. The average Bonchev–Trinajstić information content (AvgIpc) is 2.23. The summed E-state index contributed by atoms with van der Waals surface area (Å²) in [6.45, 7) is 3.80. The molecule has 0 saturated carbocycles. The summed E-state index contributed by atoms with van der Waals surface area (Å²) in [7, 11) is 0. The number of carbonyl (C=O) groups is 1. The van der Waals surface area contributed by atoms with Gasteiger partial charge in [-0.3, -0.25) is 0 Å². The molecule has 2 atom stereocenters. The molecule has 0 amide bonds. The number of carbonyl (C=O) groups excluding carboxylic acids is 1. The quantitative estimate of drug-likeness (QED) is 0.564. The van der Waals surface area contributed by atoms with Crippen molar-refractivity contribution < 1.29 is 24.1 Å². The predicted molar refractivity (Wildman–Crippen MR) is 58.2 cm³/mol. The van der Waals surface area contributed by atoms with Crippen molar-refractivity contribution >= 4 is 22.1 Å². The van der Waals surface area contributed by atoms with Crippen LogP contribution in [0.2, 0.25) is 0 Å². The lowest BCUT2D eigenvalue weighted by Gasteiger charge is -2.14. The molecule has 0 aliphatic carbocycles. The molecule has 6 heteroatoms. The molecule has 0 radical (unpaired) electrons. The monoisotopic (exact) mass is 284 g/mol. The number of hydrogen-bond donors (Lipinski definition) is 1. The fourth-order valence-corrected chi connectivity index (χ4v) is 0.849. The van der Waals surface area contributed by atoms with Crippen molar-refractivity contribution in [2.24, 2.45) is 0 Å². The summed E-state index contributed by atoms with van der Waals surface area (Å²) in [6.07, 6.45) is -1.17. The molecule has 0 heterocycles. The molecule has 0 aliphatic rings. The fraction of sp³-hybridized carbons (Fsp3) is 0.889. The number of ether oxygens (including phenoxy) is 3. The van der Waals surface area contributed by atoms with E-state index in [0.29, 0.717) is 5.33 Å². The number of aliphatic hydroxyl groups is 1. The maximum absolute atomic E-state index is 11.0. The van der Waals surface area contributed by atoms with E-state index in [1.54, 1.807) is 13.8 Å². The summed E-state index contributed by atoms with van der Waals surface area (Å²) < 4.78 is 14.7. The Balaban J connectivity index is 3.52. The zero-order valence-electron chi connectivity index (χ0n) is 8.94. The van der Waals surface area contributed by atoms with E-state index < -0.39 is 6.16 Å². The van der Waals surface area contributed by atoms with Crippen LogP contribution >= 0.6 is 15.9 Å². The molecule has 1 N–H and O–H groups in total. The Bertz CT molecular complexity index is 176. The van der Waals surface area contributed by atoms with Crippen LogP contribution in [0.4, 0.5) is 4.79 Å². The first-order valence-corrected chi connectivity index (χ1v) is 5.84. The minimum atomic E-state index is -0.707. The van der Waals surface area contributed by atoms with E-state index in [9.17, 15) is 4.79 Å². The van der Waals surface area contributed by atoms with Crippen molar-refractivity contribution in [3.8, 4) is 0 Å². The molecule has 0 aromatic rings. The topological polar surface area (TPSA) is 65.0 Å². The maximum Gasteiger partial charge on any atom is 0.508 e. The van der Waals surface area contributed by atoms with Crippen LogP contribution < -0.4 is 0 Å². The van der Waals surface area contributed by atoms with Crippen molar-refractivity contribution in [1.82, 2.24) is 0 Å². The normalized spacial score (nSPS) is 14.4. The van der Waals surface area contributed by atoms with Gasteiger partial charge in [0.05, 0.1) is 19.3 Å². The van der Waals surface area contributed by atoms with E-state index in [4.69, 9.17) is 19.3 Å². The van der Waals surface area contributed by atoms with Crippen LogP contribution in [0.5, 0.6) is 0 Å². The number of alkyl halides is 1. The Morgan fingerprint density at radius 1 is 1.40 bits per heavy atom. The molecule has 0 fully saturated rings. The van der Waals surface area contributed by atoms with Gasteiger partial charge in [0.15, 0.2) is 0 Å². The van der Waals surface area contributed by atoms with Gasteiger partial charge in [-0.2, -0.15) is 0 Å². The Hall–Kier alpha value is -0.330. The van der Waals surface area contributed by atoms with Gasteiger partial charge >= 0.3 is 6.16 Å². The molecular weight excluding hydrogens is 268 g/mol. The molecule has 15 heavy (non-hydrogen) atoms. The smallest absolute Gasteiger partial charge is 0.432 e. The molecule has 0 rings (SSSR count). The molecule has 0 saturated heterocycles. The lowest BCUT2D eigenvalue weighted by Crippen LogP contribution is -2.23. The van der Waals surface area contributed by atoms with Gasteiger partial charge in [0.25, 0.3) is 0 Å². The highest BCUT2D eigenvalue weighted by atomic mass is 79.9. The van der Waals surface area contributed by atoms with Crippen LogP contribution in [0.1, 0.15) is 13.8 Å². The van der Waals surface area contributed by atoms with Crippen molar-refractivity contribution in [1.29, 1.82) is 0 Å². The molecule has 2 unspecified atom stereocenters. The summed E-state index contributed by atoms with van der Waals surface area (Å²) in [5.74, 6) is 0. The molecule has 0 spiro atoms. The van der Waals surface area contributed by atoms with Gasteiger partial charge in [-0.05, 0) is 13.8 Å². The van der Waals surface area contributed by atoms with E-state index in [2.05, 4.69) is 15.9 Å². The Labute approximate surface area is 97.8 Å². The van der Waals surface area contributed by atoms with Crippen molar-refractivity contribution in [3.63, 3.8) is 0 Å². The molecule has 5 nitrogen and oxygen atoms in total. The van der Waals surface area contributed by atoms with E-state index in [-0.39, 0.29) is 32.0 Å². The van der Waals surface area contributed by atoms with Crippen LogP contribution in [0.25, 0.3) is 0 Å². The van der Waals surface area contributed by atoms with Gasteiger partial charge < -0.3 is 19.3 Å². The zero-order chi connectivity index (χ0) is 11.7. The number of rotatable bonds is 7. The van der Waals surface area contributed by atoms with E-state index >= 15 is 0 Å². The van der Waals surface area contributed by atoms with Gasteiger partial charge in [-0.25, -0.2) is 4.79 Å². The lowest BCUT2D eigenvalue weighted by molar-refractivity contribution is -0.0235. The van der Waals surface area contributed by atoms with Gasteiger partial charge in [0.1, 0.15) is 12.7 Å². The van der Waals surface area contributed by atoms with Crippen molar-refractivity contribution in [3.05, 3.63) is 0 Å². The van der Waals surface area contributed by atoms with Crippen LogP contribution in [0.15, 0.2) is 0 Å². The lowest BCUT2D eigenvalue weighted by atomic mass is 10.4. The second kappa shape index (κ2) is 8.94. The van der Waals surface area contributed by atoms with Crippen LogP contribution in [-0.2, 0) is 14.2 Å². The highest BCUT2D eigenvalue weighted by Gasteiger charge is 2.11. The Morgan fingerprint density at radius 2 is 2.07 bits per heavy atom. The first-order chi connectivity index (χ1) is 7.10.